The molecule has 1 fully saturated rings. The Bertz CT molecular complexity index is 604. The van der Waals surface area contributed by atoms with Crippen molar-refractivity contribution in [3.05, 3.63) is 34.9 Å². The van der Waals surface area contributed by atoms with Crippen LogP contribution in [0.5, 0.6) is 0 Å². The molecule has 1 aliphatic carbocycles. The molecule has 7 nitrogen and oxygen atoms in total. The lowest BCUT2D eigenvalue weighted by atomic mass is 10.0. The molecule has 0 spiro atoms. The van der Waals surface area contributed by atoms with Crippen molar-refractivity contribution < 1.29 is 19.1 Å². The molecule has 3 amide bonds. The van der Waals surface area contributed by atoms with Gasteiger partial charge >= 0.3 is 12.0 Å². The Balaban J connectivity index is 1.91. The predicted molar refractivity (Wildman–Crippen MR) is 83.7 cm³/mol. The summed E-state index contributed by atoms with van der Waals surface area (Å²) < 4.78 is 4.92. The Morgan fingerprint density at radius 3 is 2.61 bits per heavy atom. The van der Waals surface area contributed by atoms with Gasteiger partial charge in [0, 0.05) is 11.1 Å². The highest BCUT2D eigenvalue weighted by Crippen LogP contribution is 2.25. The molecular formula is C15H18ClN3O4. The van der Waals surface area contributed by atoms with Crippen LogP contribution in [0.15, 0.2) is 24.3 Å². The summed E-state index contributed by atoms with van der Waals surface area (Å²) in [4.78, 5) is 34.5. The minimum atomic E-state index is -0.783. The molecule has 1 atom stereocenters. The maximum absolute atomic E-state index is 11.9. The Morgan fingerprint density at radius 1 is 1.30 bits per heavy atom. The van der Waals surface area contributed by atoms with Crippen LogP contribution >= 0.6 is 11.6 Å². The number of amides is 3. The first-order chi connectivity index (χ1) is 11.0. The molecule has 124 valence electrons. The number of carbonyl (C=O) groups excluding carboxylic acids is 3. The van der Waals surface area contributed by atoms with Gasteiger partial charge in [0.1, 0.15) is 0 Å². The quantitative estimate of drug-likeness (QED) is 0.649. The molecule has 1 aromatic rings. The first kappa shape index (κ1) is 17.1. The number of urea groups is 1. The van der Waals surface area contributed by atoms with Crippen LogP contribution in [-0.4, -0.2) is 30.6 Å². The van der Waals surface area contributed by atoms with Crippen molar-refractivity contribution in [1.82, 2.24) is 10.6 Å². The molecule has 23 heavy (non-hydrogen) atoms. The number of hydrogen-bond acceptors (Lipinski definition) is 4. The van der Waals surface area contributed by atoms with Crippen molar-refractivity contribution in [2.45, 2.75) is 31.3 Å². The molecular weight excluding hydrogens is 322 g/mol. The smallest absolute Gasteiger partial charge is 0.312 e. The topological polar surface area (TPSA) is 111 Å². The Morgan fingerprint density at radius 2 is 2.00 bits per heavy atom. The number of primary amides is 1. The second-order valence-corrected chi connectivity index (χ2v) is 5.70. The molecule has 1 aliphatic rings. The van der Waals surface area contributed by atoms with Crippen LogP contribution in [-0.2, 0) is 14.3 Å². The molecule has 0 aliphatic heterocycles. The van der Waals surface area contributed by atoms with Crippen LogP contribution in [0.2, 0.25) is 5.02 Å². The summed E-state index contributed by atoms with van der Waals surface area (Å²) in [6, 6.07) is 5.47. The predicted octanol–water partition coefficient (Wildman–Crippen LogP) is 1.26. The number of ether oxygens (including phenoxy) is 1. The summed E-state index contributed by atoms with van der Waals surface area (Å²) in [5.74, 6) is -0.965. The fourth-order valence-corrected chi connectivity index (χ4v) is 2.30. The van der Waals surface area contributed by atoms with Crippen molar-refractivity contribution in [1.29, 1.82) is 0 Å². The summed E-state index contributed by atoms with van der Waals surface area (Å²) in [7, 11) is 0. The lowest BCUT2D eigenvalue weighted by Crippen LogP contribution is -2.35. The number of esters is 1. The first-order valence-electron chi connectivity index (χ1n) is 7.21. The van der Waals surface area contributed by atoms with Gasteiger partial charge in [0.25, 0.3) is 5.91 Å². The number of carbonyl (C=O) groups is 3. The molecule has 0 bridgehead atoms. The van der Waals surface area contributed by atoms with Crippen molar-refractivity contribution in [3.63, 3.8) is 0 Å². The number of rotatable bonds is 7. The number of nitrogens with two attached hydrogens (primary N) is 1. The minimum Gasteiger partial charge on any atom is -0.456 e. The van der Waals surface area contributed by atoms with Gasteiger partial charge in [-0.1, -0.05) is 29.8 Å². The van der Waals surface area contributed by atoms with Gasteiger partial charge in [-0.25, -0.2) is 4.79 Å². The molecule has 0 heterocycles. The van der Waals surface area contributed by atoms with Crippen LogP contribution in [0.1, 0.15) is 30.9 Å². The van der Waals surface area contributed by atoms with E-state index < -0.39 is 18.0 Å². The van der Waals surface area contributed by atoms with Gasteiger partial charge in [0.15, 0.2) is 6.61 Å². The fraction of sp³-hybridized carbons (Fsp3) is 0.400. The lowest BCUT2D eigenvalue weighted by Gasteiger charge is -2.18. The maximum Gasteiger partial charge on any atom is 0.312 e. The largest absolute Gasteiger partial charge is 0.456 e. The van der Waals surface area contributed by atoms with E-state index in [2.05, 4.69) is 10.6 Å². The second kappa shape index (κ2) is 7.82. The van der Waals surface area contributed by atoms with Crippen molar-refractivity contribution in [2.75, 3.05) is 6.61 Å². The van der Waals surface area contributed by atoms with Gasteiger partial charge in [0.05, 0.1) is 12.5 Å². The monoisotopic (exact) mass is 339 g/mol. The fourth-order valence-electron chi connectivity index (χ4n) is 2.04. The van der Waals surface area contributed by atoms with E-state index in [1.54, 1.807) is 24.3 Å². The van der Waals surface area contributed by atoms with Gasteiger partial charge in [-0.05, 0) is 24.5 Å². The Kier molecular flexibility index (Phi) is 5.81. The van der Waals surface area contributed by atoms with Gasteiger partial charge in [-0.15, -0.1) is 0 Å². The second-order valence-electron chi connectivity index (χ2n) is 5.29. The molecule has 1 saturated carbocycles. The summed E-state index contributed by atoms with van der Waals surface area (Å²) in [6.45, 7) is -0.346. The number of nitrogens with one attached hydrogen (secondary N) is 2. The van der Waals surface area contributed by atoms with Gasteiger partial charge in [-0.2, -0.15) is 0 Å². The normalized spacial score (nSPS) is 14.7. The van der Waals surface area contributed by atoms with Crippen LogP contribution in [0.3, 0.4) is 0 Å². The highest BCUT2D eigenvalue weighted by atomic mass is 35.5. The third-order valence-electron chi connectivity index (χ3n) is 3.27. The molecule has 8 heteroatoms. The maximum atomic E-state index is 11.9. The number of halogens is 1. The third-order valence-corrected chi connectivity index (χ3v) is 3.62. The summed E-state index contributed by atoms with van der Waals surface area (Å²) in [5, 5.41) is 5.55. The van der Waals surface area contributed by atoms with E-state index in [1.807, 2.05) is 0 Å². The third kappa shape index (κ3) is 5.78. The first-order valence-corrected chi connectivity index (χ1v) is 7.59. The molecule has 0 aromatic heterocycles. The molecule has 0 unspecified atom stereocenters. The average Bonchev–Trinajstić information content (AvgIpc) is 3.28. The van der Waals surface area contributed by atoms with E-state index in [0.717, 1.165) is 12.8 Å². The highest BCUT2D eigenvalue weighted by Gasteiger charge is 2.24. The molecule has 0 saturated heterocycles. The van der Waals surface area contributed by atoms with E-state index in [4.69, 9.17) is 22.1 Å². The Hall–Kier alpha value is -2.28. The van der Waals surface area contributed by atoms with Crippen LogP contribution in [0.4, 0.5) is 4.79 Å². The van der Waals surface area contributed by atoms with Crippen molar-refractivity contribution in [2.24, 2.45) is 5.73 Å². The van der Waals surface area contributed by atoms with Gasteiger partial charge in [-0.3, -0.25) is 9.59 Å². The zero-order valence-electron chi connectivity index (χ0n) is 12.4. The van der Waals surface area contributed by atoms with Crippen LogP contribution in [0.25, 0.3) is 0 Å². The van der Waals surface area contributed by atoms with E-state index in [-0.39, 0.29) is 25.0 Å². The van der Waals surface area contributed by atoms with E-state index in [9.17, 15) is 14.4 Å². The van der Waals surface area contributed by atoms with Gasteiger partial charge in [0.2, 0.25) is 0 Å². The standard InChI is InChI=1S/C15H18ClN3O4/c16-11-4-2-1-3-10(11)12(19-15(17)22)7-14(21)23-8-13(20)18-9-5-6-9/h1-4,9,12H,5-8H2,(H,18,20)(H3,17,19,22)/t12-/m1/s1. The zero-order valence-corrected chi connectivity index (χ0v) is 13.1. The SMILES string of the molecule is NC(=O)N[C@H](CC(=O)OCC(=O)NC1CC1)c1ccccc1Cl. The summed E-state index contributed by atoms with van der Waals surface area (Å²) >= 11 is 6.07. The molecule has 2 rings (SSSR count). The number of hydrogen-bond donors (Lipinski definition) is 3. The minimum absolute atomic E-state index is 0.177. The van der Waals surface area contributed by atoms with Crippen LogP contribution in [0, 0.1) is 0 Å². The van der Waals surface area contributed by atoms with Crippen molar-refractivity contribution in [3.8, 4) is 0 Å². The summed E-state index contributed by atoms with van der Waals surface area (Å²) in [5.41, 5.74) is 5.68. The van der Waals surface area contributed by atoms with Crippen LogP contribution < -0.4 is 16.4 Å². The van der Waals surface area contributed by atoms with E-state index in [1.165, 1.54) is 0 Å². The lowest BCUT2D eigenvalue weighted by molar-refractivity contribution is -0.149. The van der Waals surface area contributed by atoms with Crippen molar-refractivity contribution >= 4 is 29.5 Å². The number of benzene rings is 1. The summed E-state index contributed by atoms with van der Waals surface area (Å²) in [6.07, 6.45) is 1.73. The molecule has 0 radical (unpaired) electrons. The van der Waals surface area contributed by atoms with Gasteiger partial charge < -0.3 is 21.1 Å². The van der Waals surface area contributed by atoms with E-state index >= 15 is 0 Å². The molecule has 4 N–H and O–H groups in total. The Labute approximate surface area is 138 Å². The average molecular weight is 340 g/mol. The highest BCUT2D eigenvalue weighted by molar-refractivity contribution is 6.31. The zero-order chi connectivity index (χ0) is 16.8. The molecule has 1 aromatic carbocycles. The van der Waals surface area contributed by atoms with E-state index in [0.29, 0.717) is 10.6 Å².